The zero-order chi connectivity index (χ0) is 20.1. The lowest BCUT2D eigenvalue weighted by Gasteiger charge is -2.41. The first-order chi connectivity index (χ1) is 13.4. The maximum absolute atomic E-state index is 12.8. The van der Waals surface area contributed by atoms with E-state index in [0.29, 0.717) is 32.4 Å². The van der Waals surface area contributed by atoms with Crippen LogP contribution in [0.3, 0.4) is 0 Å². The van der Waals surface area contributed by atoms with Crippen LogP contribution in [0.5, 0.6) is 0 Å². The minimum absolute atomic E-state index is 0.00182. The molecular weight excluding hydrogens is 348 g/mol. The average molecular weight is 379 g/mol. The molecule has 1 fully saturated rings. The van der Waals surface area contributed by atoms with Crippen LogP contribution in [-0.2, 0) is 16.0 Å². The van der Waals surface area contributed by atoms with Gasteiger partial charge in [-0.15, -0.1) is 0 Å². The third-order valence-electron chi connectivity index (χ3n) is 5.84. The van der Waals surface area contributed by atoms with Crippen molar-refractivity contribution in [3.05, 3.63) is 60.2 Å². The second-order valence-corrected chi connectivity index (χ2v) is 8.08. The fourth-order valence-corrected chi connectivity index (χ4v) is 4.11. The van der Waals surface area contributed by atoms with E-state index in [-0.39, 0.29) is 17.7 Å². The van der Waals surface area contributed by atoms with Gasteiger partial charge >= 0.3 is 0 Å². The minimum atomic E-state index is -0.448. The zero-order valence-corrected chi connectivity index (χ0v) is 17.1. The first-order valence-electron chi connectivity index (χ1n) is 10.1. The standard InChI is InChI=1S/C24H30N2O2/c1-18(2)22(27)26-15-13-24(14-16-26,23(28)25-3)17-19-9-11-21(12-10-19)20-7-5-4-6-8-20/h4-12,18H,13-17H2,1-3H3,(H,25,28). The van der Waals surface area contributed by atoms with Gasteiger partial charge in [0.15, 0.2) is 0 Å². The van der Waals surface area contributed by atoms with Gasteiger partial charge < -0.3 is 10.2 Å². The van der Waals surface area contributed by atoms with E-state index in [1.807, 2.05) is 36.9 Å². The van der Waals surface area contributed by atoms with Crippen molar-refractivity contribution in [2.75, 3.05) is 20.1 Å². The summed E-state index contributed by atoms with van der Waals surface area (Å²) in [6.07, 6.45) is 2.10. The van der Waals surface area contributed by atoms with Crippen molar-refractivity contribution in [3.8, 4) is 11.1 Å². The van der Waals surface area contributed by atoms with Crippen LogP contribution in [0.4, 0.5) is 0 Å². The van der Waals surface area contributed by atoms with Gasteiger partial charge in [-0.25, -0.2) is 0 Å². The molecule has 0 bridgehead atoms. The van der Waals surface area contributed by atoms with Crippen molar-refractivity contribution in [1.82, 2.24) is 10.2 Å². The van der Waals surface area contributed by atoms with Crippen molar-refractivity contribution in [2.45, 2.75) is 33.1 Å². The van der Waals surface area contributed by atoms with E-state index in [1.54, 1.807) is 7.05 Å². The highest BCUT2D eigenvalue weighted by atomic mass is 16.2. The second kappa shape index (κ2) is 8.59. The Morgan fingerprint density at radius 3 is 2.07 bits per heavy atom. The molecule has 1 heterocycles. The summed E-state index contributed by atoms with van der Waals surface area (Å²) in [5.74, 6) is 0.257. The average Bonchev–Trinajstić information content (AvgIpc) is 2.74. The monoisotopic (exact) mass is 378 g/mol. The summed E-state index contributed by atoms with van der Waals surface area (Å²) in [6, 6.07) is 18.8. The largest absolute Gasteiger partial charge is 0.359 e. The van der Waals surface area contributed by atoms with E-state index in [1.165, 1.54) is 11.1 Å². The number of nitrogens with one attached hydrogen (secondary N) is 1. The lowest BCUT2D eigenvalue weighted by atomic mass is 9.72. The molecular formula is C24H30N2O2. The molecule has 0 saturated carbocycles. The van der Waals surface area contributed by atoms with Crippen LogP contribution >= 0.6 is 0 Å². The minimum Gasteiger partial charge on any atom is -0.359 e. The molecule has 4 nitrogen and oxygen atoms in total. The third kappa shape index (κ3) is 4.27. The van der Waals surface area contributed by atoms with E-state index in [4.69, 9.17) is 0 Å². The molecule has 0 atom stereocenters. The van der Waals surface area contributed by atoms with Crippen LogP contribution in [-0.4, -0.2) is 36.9 Å². The van der Waals surface area contributed by atoms with Crippen molar-refractivity contribution in [2.24, 2.45) is 11.3 Å². The lowest BCUT2D eigenvalue weighted by Crippen LogP contribution is -2.51. The van der Waals surface area contributed by atoms with Gasteiger partial charge in [-0.05, 0) is 36.0 Å². The summed E-state index contributed by atoms with van der Waals surface area (Å²) in [4.78, 5) is 27.0. The lowest BCUT2D eigenvalue weighted by molar-refractivity contribution is -0.142. The molecule has 0 unspecified atom stereocenters. The Balaban J connectivity index is 1.75. The molecule has 1 aliphatic heterocycles. The molecule has 0 aromatic heterocycles. The molecule has 28 heavy (non-hydrogen) atoms. The number of benzene rings is 2. The Morgan fingerprint density at radius 1 is 0.964 bits per heavy atom. The molecule has 4 heteroatoms. The fraction of sp³-hybridized carbons (Fsp3) is 0.417. The number of piperidine rings is 1. The van der Waals surface area contributed by atoms with Gasteiger partial charge in [0.05, 0.1) is 5.41 Å². The van der Waals surface area contributed by atoms with Crippen LogP contribution in [0.15, 0.2) is 54.6 Å². The van der Waals surface area contributed by atoms with Gasteiger partial charge in [-0.3, -0.25) is 9.59 Å². The number of carbonyl (C=O) groups excluding carboxylic acids is 2. The fourth-order valence-electron chi connectivity index (χ4n) is 4.11. The molecule has 2 aromatic carbocycles. The predicted octanol–water partition coefficient (Wildman–Crippen LogP) is 3.91. The van der Waals surface area contributed by atoms with E-state index in [2.05, 4.69) is 41.7 Å². The highest BCUT2D eigenvalue weighted by molar-refractivity contribution is 5.84. The number of carbonyl (C=O) groups is 2. The maximum Gasteiger partial charge on any atom is 0.226 e. The van der Waals surface area contributed by atoms with Crippen molar-refractivity contribution >= 4 is 11.8 Å². The van der Waals surface area contributed by atoms with Crippen LogP contribution < -0.4 is 5.32 Å². The smallest absolute Gasteiger partial charge is 0.226 e. The highest BCUT2D eigenvalue weighted by Crippen LogP contribution is 2.36. The van der Waals surface area contributed by atoms with Crippen molar-refractivity contribution in [1.29, 1.82) is 0 Å². The number of amides is 2. The predicted molar refractivity (Wildman–Crippen MR) is 113 cm³/mol. The first kappa shape index (κ1) is 20.1. The van der Waals surface area contributed by atoms with Crippen LogP contribution in [0, 0.1) is 11.3 Å². The maximum atomic E-state index is 12.8. The summed E-state index contributed by atoms with van der Waals surface area (Å²) in [6.45, 7) is 5.15. The Labute approximate surface area is 167 Å². The SMILES string of the molecule is CNC(=O)C1(Cc2ccc(-c3ccccc3)cc2)CCN(C(=O)C(C)C)CC1. The Bertz CT molecular complexity index is 804. The van der Waals surface area contributed by atoms with Gasteiger partial charge in [0.25, 0.3) is 0 Å². The van der Waals surface area contributed by atoms with Gasteiger partial charge in [-0.1, -0.05) is 68.4 Å². The molecule has 2 aromatic rings. The zero-order valence-electron chi connectivity index (χ0n) is 17.1. The quantitative estimate of drug-likeness (QED) is 0.858. The molecule has 0 spiro atoms. The Hall–Kier alpha value is -2.62. The highest BCUT2D eigenvalue weighted by Gasteiger charge is 2.41. The topological polar surface area (TPSA) is 49.4 Å². The van der Waals surface area contributed by atoms with Crippen LogP contribution in [0.25, 0.3) is 11.1 Å². The summed E-state index contributed by atoms with van der Waals surface area (Å²) in [7, 11) is 1.70. The molecule has 148 valence electrons. The summed E-state index contributed by atoms with van der Waals surface area (Å²) in [5.41, 5.74) is 3.08. The number of nitrogens with zero attached hydrogens (tertiary/aromatic N) is 1. The number of likely N-dealkylation sites (tertiary alicyclic amines) is 1. The molecule has 1 saturated heterocycles. The van der Waals surface area contributed by atoms with Crippen molar-refractivity contribution in [3.63, 3.8) is 0 Å². The Morgan fingerprint density at radius 2 is 1.54 bits per heavy atom. The summed E-state index contributed by atoms with van der Waals surface area (Å²) < 4.78 is 0. The summed E-state index contributed by atoms with van der Waals surface area (Å²) >= 11 is 0. The molecule has 2 amide bonds. The molecule has 0 aliphatic carbocycles. The van der Waals surface area contributed by atoms with Gasteiger partial charge in [0, 0.05) is 26.1 Å². The second-order valence-electron chi connectivity index (χ2n) is 8.08. The van der Waals surface area contributed by atoms with E-state index in [0.717, 1.165) is 5.56 Å². The van der Waals surface area contributed by atoms with Gasteiger partial charge in [-0.2, -0.15) is 0 Å². The molecule has 1 N–H and O–H groups in total. The van der Waals surface area contributed by atoms with E-state index >= 15 is 0 Å². The van der Waals surface area contributed by atoms with Gasteiger partial charge in [0.2, 0.25) is 11.8 Å². The van der Waals surface area contributed by atoms with Gasteiger partial charge in [0.1, 0.15) is 0 Å². The van der Waals surface area contributed by atoms with Crippen LogP contribution in [0.2, 0.25) is 0 Å². The third-order valence-corrected chi connectivity index (χ3v) is 5.84. The Kier molecular flexibility index (Phi) is 6.18. The number of hydrogen-bond acceptors (Lipinski definition) is 2. The number of hydrogen-bond donors (Lipinski definition) is 1. The molecule has 1 aliphatic rings. The number of rotatable bonds is 5. The van der Waals surface area contributed by atoms with E-state index < -0.39 is 5.41 Å². The van der Waals surface area contributed by atoms with Crippen molar-refractivity contribution < 1.29 is 9.59 Å². The first-order valence-corrected chi connectivity index (χ1v) is 10.1. The van der Waals surface area contributed by atoms with E-state index in [9.17, 15) is 9.59 Å². The summed E-state index contributed by atoms with van der Waals surface area (Å²) in [5, 5.41) is 2.86. The molecule has 0 radical (unpaired) electrons. The normalized spacial score (nSPS) is 16.1. The van der Waals surface area contributed by atoms with Crippen LogP contribution in [0.1, 0.15) is 32.3 Å². The molecule has 3 rings (SSSR count).